The Bertz CT molecular complexity index is 496. The van der Waals surface area contributed by atoms with Gasteiger partial charge in [-0.3, -0.25) is 0 Å². The van der Waals surface area contributed by atoms with Gasteiger partial charge in [0.25, 0.3) is 0 Å². The number of carboxylic acids is 2. The first kappa shape index (κ1) is 25.7. The van der Waals surface area contributed by atoms with E-state index in [4.69, 9.17) is 10.2 Å². The van der Waals surface area contributed by atoms with Crippen molar-refractivity contribution in [2.24, 2.45) is 0 Å². The van der Waals surface area contributed by atoms with E-state index < -0.39 is 11.9 Å². The van der Waals surface area contributed by atoms with Gasteiger partial charge in [-0.05, 0) is 25.7 Å². The average molecular weight is 380 g/mol. The van der Waals surface area contributed by atoms with E-state index in [0.29, 0.717) is 0 Å². The monoisotopic (exact) mass is 380 g/mol. The van der Waals surface area contributed by atoms with Crippen molar-refractivity contribution in [2.45, 2.75) is 51.4 Å². The molecule has 0 aromatic carbocycles. The van der Waals surface area contributed by atoms with Gasteiger partial charge in [0.15, 0.2) is 0 Å². The zero-order valence-electron chi connectivity index (χ0n) is 15.0. The van der Waals surface area contributed by atoms with Crippen LogP contribution in [0.3, 0.4) is 0 Å². The third kappa shape index (κ3) is 8.94. The second-order valence-corrected chi connectivity index (χ2v) is 5.65. The summed E-state index contributed by atoms with van der Waals surface area (Å²) in [4.78, 5) is 18.5. The van der Waals surface area contributed by atoms with Crippen LogP contribution in [0.15, 0.2) is 47.6 Å². The third-order valence-corrected chi connectivity index (χ3v) is 4.11. The van der Waals surface area contributed by atoms with Crippen LogP contribution in [0.25, 0.3) is 0 Å². The van der Waals surface area contributed by atoms with E-state index in [1.165, 1.54) is 51.4 Å². The van der Waals surface area contributed by atoms with Crippen LogP contribution in [0.4, 0.5) is 0 Å². The summed E-state index contributed by atoms with van der Waals surface area (Å²) in [7, 11) is 0. The summed E-state index contributed by atoms with van der Waals surface area (Å²) >= 11 is 0. The van der Waals surface area contributed by atoms with E-state index in [0.717, 1.165) is 12.2 Å². The largest absolute Gasteiger partial charge is 2.00 e. The van der Waals surface area contributed by atoms with E-state index in [1.807, 2.05) is 0 Å². The summed E-state index contributed by atoms with van der Waals surface area (Å²) in [5.74, 6) is -1.96. The molecule has 5 heteroatoms. The zero-order chi connectivity index (χ0) is 17.2. The molecule has 0 fully saturated rings. The van der Waals surface area contributed by atoms with Crippen LogP contribution in [0.1, 0.15) is 51.4 Å². The number of rotatable bonds is 2. The molecule has 0 heterocycles. The predicted molar refractivity (Wildman–Crippen MR) is 97.4 cm³/mol. The van der Waals surface area contributed by atoms with E-state index in [-0.39, 0.29) is 29.1 Å². The quantitative estimate of drug-likeness (QED) is 0.406. The SMILES string of the molecule is C=CC(=O)O.C=CC(=O)O.[CH-]1CCCC2=C1CC1=C2CCCC1.[CH3-].[Ti+2]. The van der Waals surface area contributed by atoms with Crippen molar-refractivity contribution in [2.75, 3.05) is 0 Å². The van der Waals surface area contributed by atoms with Gasteiger partial charge in [-0.15, -0.1) is 12.0 Å². The Kier molecular flexibility index (Phi) is 14.1. The number of allylic oxidation sites excluding steroid dienone is 4. The maximum Gasteiger partial charge on any atom is 2.00 e. The van der Waals surface area contributed by atoms with Gasteiger partial charge in [-0.2, -0.15) is 5.57 Å². The van der Waals surface area contributed by atoms with Gasteiger partial charge in [0.05, 0.1) is 0 Å². The molecule has 3 aliphatic carbocycles. The van der Waals surface area contributed by atoms with E-state index in [1.54, 1.807) is 22.3 Å². The minimum absolute atomic E-state index is 0. The number of carbonyl (C=O) groups is 2. The molecular weight excluding hydrogens is 352 g/mol. The fourth-order valence-electron chi connectivity index (χ4n) is 3.12. The van der Waals surface area contributed by atoms with Crippen molar-refractivity contribution in [1.82, 2.24) is 0 Å². The molecule has 0 atom stereocenters. The Balaban J connectivity index is 0. The van der Waals surface area contributed by atoms with Gasteiger partial charge in [0, 0.05) is 12.2 Å². The summed E-state index contributed by atoms with van der Waals surface area (Å²) in [6.07, 6.45) is 15.3. The van der Waals surface area contributed by atoms with Gasteiger partial charge in [0.2, 0.25) is 0 Å². The second kappa shape index (κ2) is 13.7. The maximum absolute atomic E-state index is 9.25. The molecule has 0 bridgehead atoms. The topological polar surface area (TPSA) is 74.6 Å². The molecule has 0 unspecified atom stereocenters. The summed E-state index contributed by atoms with van der Waals surface area (Å²) in [6.45, 7) is 5.92. The van der Waals surface area contributed by atoms with E-state index in [9.17, 15) is 9.59 Å². The van der Waals surface area contributed by atoms with Crippen molar-refractivity contribution in [3.63, 3.8) is 0 Å². The van der Waals surface area contributed by atoms with Crippen LogP contribution >= 0.6 is 0 Å². The fourth-order valence-corrected chi connectivity index (χ4v) is 3.12. The van der Waals surface area contributed by atoms with Crippen molar-refractivity contribution < 1.29 is 41.5 Å². The Hall–Kier alpha value is -1.52. The third-order valence-electron chi connectivity index (χ3n) is 4.11. The van der Waals surface area contributed by atoms with Crippen molar-refractivity contribution in [3.05, 3.63) is 61.4 Å². The first-order valence-corrected chi connectivity index (χ1v) is 7.96. The average Bonchev–Trinajstić information content (AvgIpc) is 2.94. The molecule has 25 heavy (non-hydrogen) atoms. The summed E-state index contributed by atoms with van der Waals surface area (Å²) in [6, 6.07) is 0. The number of fused-ring (bicyclic) bond motifs is 1. The predicted octanol–water partition coefficient (Wildman–Crippen LogP) is 4.91. The molecule has 0 saturated heterocycles. The molecule has 0 spiro atoms. The second-order valence-electron chi connectivity index (χ2n) is 5.65. The molecule has 0 aromatic heterocycles. The van der Waals surface area contributed by atoms with Gasteiger partial charge >= 0.3 is 33.7 Å². The molecule has 2 N–H and O–H groups in total. The molecule has 0 aliphatic heterocycles. The fraction of sp³-hybridized carbons (Fsp3) is 0.400. The first-order chi connectivity index (χ1) is 11.0. The Morgan fingerprint density at radius 2 is 1.40 bits per heavy atom. The zero-order valence-corrected chi connectivity index (χ0v) is 16.6. The Morgan fingerprint density at radius 1 is 0.920 bits per heavy atom. The smallest absolute Gasteiger partial charge is 0.478 e. The number of aliphatic carboxylic acids is 2. The molecule has 0 amide bonds. The van der Waals surface area contributed by atoms with Crippen LogP contribution in [-0.4, -0.2) is 22.2 Å². The van der Waals surface area contributed by atoms with Crippen LogP contribution in [0.5, 0.6) is 0 Å². The maximum atomic E-state index is 9.25. The summed E-state index contributed by atoms with van der Waals surface area (Å²) in [5.41, 5.74) is 7.06. The van der Waals surface area contributed by atoms with Gasteiger partial charge in [-0.25, -0.2) is 21.6 Å². The molecule has 0 aromatic rings. The van der Waals surface area contributed by atoms with Gasteiger partial charge in [-0.1, -0.05) is 38.0 Å². The van der Waals surface area contributed by atoms with E-state index >= 15 is 0 Å². The summed E-state index contributed by atoms with van der Waals surface area (Å²) in [5, 5.41) is 15.2. The molecular formula is C20H28O4Ti. The van der Waals surface area contributed by atoms with Crippen LogP contribution < -0.4 is 0 Å². The normalized spacial score (nSPS) is 16.6. The van der Waals surface area contributed by atoms with Crippen molar-refractivity contribution in [3.8, 4) is 0 Å². The van der Waals surface area contributed by atoms with Crippen molar-refractivity contribution in [1.29, 1.82) is 0 Å². The van der Waals surface area contributed by atoms with Gasteiger partial charge in [0.1, 0.15) is 0 Å². The standard InChI is InChI=1S/C13H17.2C3H4O2.CH3.Ti/c1-3-7-12-10(5-1)9-11-6-2-4-8-13(11)12;2*1-2-3(4)5;;/h5H,1-4,6-9H2;2*2H,1H2,(H,4,5);1H3;/q-1;;;-1;+2. The van der Waals surface area contributed by atoms with Gasteiger partial charge < -0.3 is 17.6 Å². The first-order valence-electron chi connectivity index (χ1n) is 7.96. The summed E-state index contributed by atoms with van der Waals surface area (Å²) < 4.78 is 0. The van der Waals surface area contributed by atoms with Crippen LogP contribution in [-0.2, 0) is 31.3 Å². The van der Waals surface area contributed by atoms with Crippen LogP contribution in [0, 0.1) is 13.8 Å². The molecule has 136 valence electrons. The minimum Gasteiger partial charge on any atom is -0.478 e. The van der Waals surface area contributed by atoms with E-state index in [2.05, 4.69) is 19.6 Å². The minimum atomic E-state index is -0.981. The number of hydrogen-bond acceptors (Lipinski definition) is 2. The number of carboxylic acid groups (broad SMARTS) is 2. The molecule has 0 radical (unpaired) electrons. The molecule has 3 rings (SSSR count). The van der Waals surface area contributed by atoms with Crippen LogP contribution in [0.2, 0.25) is 0 Å². The molecule has 4 nitrogen and oxygen atoms in total. The molecule has 3 aliphatic rings. The number of hydrogen-bond donors (Lipinski definition) is 2. The Morgan fingerprint density at radius 3 is 1.92 bits per heavy atom. The van der Waals surface area contributed by atoms with Crippen molar-refractivity contribution >= 4 is 11.9 Å². The molecule has 0 saturated carbocycles. The Labute approximate surface area is 166 Å².